The summed E-state index contributed by atoms with van der Waals surface area (Å²) in [5.74, 6) is -0.0807. The summed E-state index contributed by atoms with van der Waals surface area (Å²) in [5, 5.41) is 0.614. The second kappa shape index (κ2) is 13.2. The summed E-state index contributed by atoms with van der Waals surface area (Å²) in [6.45, 7) is 4.15. The van der Waals surface area contributed by atoms with Crippen molar-refractivity contribution in [1.82, 2.24) is 4.90 Å². The fourth-order valence-electron chi connectivity index (χ4n) is 8.14. The molecule has 1 atom stereocenters. The van der Waals surface area contributed by atoms with E-state index in [1.54, 1.807) is 28.1 Å². The molecule has 50 heavy (non-hydrogen) atoms. The lowest BCUT2D eigenvalue weighted by Crippen LogP contribution is -2.57. The van der Waals surface area contributed by atoms with Crippen LogP contribution in [0.3, 0.4) is 0 Å². The molecule has 0 saturated carbocycles. The Morgan fingerprint density at radius 2 is 1.38 bits per heavy atom. The number of nitrogens with zero attached hydrogens (tertiary/aromatic N) is 1. The molecule has 4 aromatic carbocycles. The summed E-state index contributed by atoms with van der Waals surface area (Å²) in [6.07, 6.45) is 4.70. The van der Waals surface area contributed by atoms with E-state index < -0.39 is 22.9 Å². The van der Waals surface area contributed by atoms with Crippen LogP contribution in [0.5, 0.6) is 11.5 Å². The van der Waals surface area contributed by atoms with Crippen molar-refractivity contribution in [3.8, 4) is 22.6 Å². The molecule has 3 aliphatic rings. The van der Waals surface area contributed by atoms with Gasteiger partial charge < -0.3 is 23.8 Å². The number of carbonyl (C=O) groups excluding carboxylic acids is 2. The first-order valence-corrected chi connectivity index (χ1v) is 18.3. The lowest BCUT2D eigenvalue weighted by atomic mass is 9.56. The fraction of sp³-hybridized carbons (Fsp3) is 0.250. The van der Waals surface area contributed by atoms with Crippen LogP contribution in [-0.4, -0.2) is 50.8 Å². The van der Waals surface area contributed by atoms with E-state index in [0.717, 1.165) is 47.9 Å². The minimum Gasteiger partial charge on any atom is -0.493 e. The van der Waals surface area contributed by atoms with Crippen molar-refractivity contribution >= 4 is 61.5 Å². The number of esters is 2. The summed E-state index contributed by atoms with van der Waals surface area (Å²) in [6, 6.07) is 23.8. The minimum atomic E-state index is -1.32. The number of benzene rings is 4. The molecule has 4 aromatic rings. The maximum Gasteiger partial charge on any atom is 0.355 e. The van der Waals surface area contributed by atoms with Crippen LogP contribution in [0, 0.1) is 0 Å². The Morgan fingerprint density at radius 1 is 0.800 bits per heavy atom. The molecule has 2 heterocycles. The van der Waals surface area contributed by atoms with Crippen molar-refractivity contribution in [2.24, 2.45) is 0 Å². The largest absolute Gasteiger partial charge is 0.493 e. The quantitative estimate of drug-likeness (QED) is 0.165. The molecule has 0 fully saturated rings. The number of rotatable bonds is 8. The Morgan fingerprint density at radius 3 is 1.96 bits per heavy atom. The standard InChI is InChI=1S/C40H34Br2ClNO6/c1-5-49-37(45)35-36(38(46)50-6-2)44-18-16-24-19-33(47-3)34(48-4)22-30(24)39(44,17-15-23-7-11-27(43)12-8-23)40(35)31-20-25(41)9-13-28(31)29-14-10-26(42)21-32(29)40/h7-15,17,19-22H,5-6,16,18H2,1-4H3/b17-15+. The topological polar surface area (TPSA) is 74.3 Å². The van der Waals surface area contributed by atoms with E-state index in [2.05, 4.69) is 67.1 Å². The molecule has 0 saturated heterocycles. The van der Waals surface area contributed by atoms with Crippen molar-refractivity contribution in [2.75, 3.05) is 34.0 Å². The van der Waals surface area contributed by atoms with E-state index in [9.17, 15) is 9.59 Å². The number of ether oxygens (including phenoxy) is 4. The predicted octanol–water partition coefficient (Wildman–Crippen LogP) is 9.01. The molecular weight excluding hydrogens is 786 g/mol. The second-order valence-electron chi connectivity index (χ2n) is 12.2. The second-order valence-corrected chi connectivity index (χ2v) is 14.5. The summed E-state index contributed by atoms with van der Waals surface area (Å²) in [4.78, 5) is 31.4. The first-order chi connectivity index (χ1) is 24.2. The third-order valence-electron chi connectivity index (χ3n) is 9.90. The van der Waals surface area contributed by atoms with E-state index in [-0.39, 0.29) is 24.5 Å². The van der Waals surface area contributed by atoms with E-state index in [4.69, 9.17) is 30.5 Å². The van der Waals surface area contributed by atoms with Crippen LogP contribution in [0.4, 0.5) is 0 Å². The highest BCUT2D eigenvalue weighted by Crippen LogP contribution is 2.70. The lowest BCUT2D eigenvalue weighted by molar-refractivity contribution is -0.143. The lowest BCUT2D eigenvalue weighted by Gasteiger charge is -2.53. The van der Waals surface area contributed by atoms with E-state index in [1.165, 1.54) is 0 Å². The van der Waals surface area contributed by atoms with Gasteiger partial charge in [-0.25, -0.2) is 9.59 Å². The number of methoxy groups -OCH3 is 2. The Hall–Kier alpha value is -4.05. The third-order valence-corrected chi connectivity index (χ3v) is 11.1. The van der Waals surface area contributed by atoms with Gasteiger partial charge in [0, 0.05) is 20.5 Å². The van der Waals surface area contributed by atoms with Gasteiger partial charge in [0.2, 0.25) is 0 Å². The van der Waals surface area contributed by atoms with Crippen LogP contribution in [0.2, 0.25) is 5.02 Å². The highest BCUT2D eigenvalue weighted by Gasteiger charge is 2.71. The van der Waals surface area contributed by atoms with Gasteiger partial charge in [-0.3, -0.25) is 0 Å². The van der Waals surface area contributed by atoms with Gasteiger partial charge in [-0.1, -0.05) is 79.9 Å². The van der Waals surface area contributed by atoms with Gasteiger partial charge in [0.25, 0.3) is 0 Å². The molecule has 7 rings (SSSR count). The third kappa shape index (κ3) is 4.95. The van der Waals surface area contributed by atoms with Crippen LogP contribution >= 0.6 is 43.5 Å². The summed E-state index contributed by atoms with van der Waals surface area (Å²) >= 11 is 13.8. The number of carbonyl (C=O) groups is 2. The van der Waals surface area contributed by atoms with E-state index in [0.29, 0.717) is 29.5 Å². The van der Waals surface area contributed by atoms with Crippen LogP contribution in [-0.2, 0) is 36.4 Å². The Labute approximate surface area is 313 Å². The average Bonchev–Trinajstić information content (AvgIpc) is 3.55. The zero-order valence-electron chi connectivity index (χ0n) is 27.9. The maximum absolute atomic E-state index is 14.8. The van der Waals surface area contributed by atoms with Crippen LogP contribution in [0.1, 0.15) is 41.7 Å². The van der Waals surface area contributed by atoms with Gasteiger partial charge in [0.05, 0.1) is 38.4 Å². The molecule has 1 unspecified atom stereocenters. The molecule has 0 bridgehead atoms. The van der Waals surface area contributed by atoms with Crippen LogP contribution < -0.4 is 9.47 Å². The van der Waals surface area contributed by atoms with E-state index >= 15 is 0 Å². The first-order valence-electron chi connectivity index (χ1n) is 16.3. The van der Waals surface area contributed by atoms with Crippen LogP contribution in [0.15, 0.2) is 99.1 Å². The molecule has 256 valence electrons. The molecular formula is C40H34Br2ClNO6. The highest BCUT2D eigenvalue weighted by molar-refractivity contribution is 9.10. The monoisotopic (exact) mass is 817 g/mol. The Bertz CT molecular complexity index is 2060. The zero-order chi connectivity index (χ0) is 35.4. The van der Waals surface area contributed by atoms with Gasteiger partial charge in [0.1, 0.15) is 11.2 Å². The fourth-order valence-corrected chi connectivity index (χ4v) is 8.99. The predicted molar refractivity (Wildman–Crippen MR) is 200 cm³/mol. The molecule has 1 spiro atoms. The summed E-state index contributed by atoms with van der Waals surface area (Å²) in [7, 11) is 3.22. The van der Waals surface area contributed by atoms with Gasteiger partial charge in [-0.05, 0) is 108 Å². The molecule has 0 amide bonds. The minimum absolute atomic E-state index is 0.112. The molecule has 0 N–H and O–H groups in total. The van der Waals surface area contributed by atoms with Gasteiger partial charge in [-0.2, -0.15) is 0 Å². The first kappa shape index (κ1) is 34.4. The smallest absolute Gasteiger partial charge is 0.355 e. The summed E-state index contributed by atoms with van der Waals surface area (Å²) < 4.78 is 25.1. The van der Waals surface area contributed by atoms with E-state index in [1.807, 2.05) is 54.6 Å². The molecule has 10 heteroatoms. The molecule has 0 aromatic heterocycles. The van der Waals surface area contributed by atoms with Gasteiger partial charge in [0.15, 0.2) is 11.5 Å². The highest BCUT2D eigenvalue weighted by atomic mass is 79.9. The van der Waals surface area contributed by atoms with Gasteiger partial charge in [-0.15, -0.1) is 0 Å². The molecule has 7 nitrogen and oxygen atoms in total. The molecule has 2 aliphatic heterocycles. The Balaban J connectivity index is 1.74. The number of fused-ring (bicyclic) bond motifs is 9. The van der Waals surface area contributed by atoms with Crippen molar-refractivity contribution in [2.45, 2.75) is 31.2 Å². The van der Waals surface area contributed by atoms with Crippen molar-refractivity contribution in [3.63, 3.8) is 0 Å². The van der Waals surface area contributed by atoms with Crippen molar-refractivity contribution < 1.29 is 28.5 Å². The SMILES string of the molecule is CCOC(=O)C1=C(C(=O)OCC)C2(c3cc(Br)ccc3-c3ccc(Br)cc32)C2(/C=C/c3ccc(Cl)cc3)c3cc(OC)c(OC)cc3CCN12. The normalized spacial score (nSPS) is 18.1. The average molecular weight is 820 g/mol. The number of hydrogen-bond acceptors (Lipinski definition) is 7. The number of halogens is 3. The van der Waals surface area contributed by atoms with Crippen molar-refractivity contribution in [3.05, 3.63) is 132 Å². The Kier molecular flexibility index (Phi) is 9.12. The molecule has 0 radical (unpaired) electrons. The van der Waals surface area contributed by atoms with Crippen LogP contribution in [0.25, 0.3) is 17.2 Å². The number of hydrogen-bond donors (Lipinski definition) is 0. The summed E-state index contributed by atoms with van der Waals surface area (Å²) in [5.41, 5.74) is 4.13. The molecule has 1 aliphatic carbocycles. The van der Waals surface area contributed by atoms with Gasteiger partial charge >= 0.3 is 11.9 Å². The maximum atomic E-state index is 14.8. The van der Waals surface area contributed by atoms with Crippen molar-refractivity contribution in [1.29, 1.82) is 0 Å². The zero-order valence-corrected chi connectivity index (χ0v) is 31.9.